The molecular formula is C12H14ClNO3. The zero-order chi connectivity index (χ0) is 13.2. The van der Waals surface area contributed by atoms with Crippen LogP contribution >= 0.6 is 11.6 Å². The maximum absolute atomic E-state index is 11.8. The highest BCUT2D eigenvalue weighted by Crippen LogP contribution is 2.26. The monoisotopic (exact) mass is 255 g/mol. The second kappa shape index (κ2) is 4.75. The number of carboxylic acids is 1. The minimum atomic E-state index is -1.17. The SMILES string of the molecule is CC(C)(C)C(=O)Nc1cccc(Cl)c1C(=O)O. The number of nitrogens with one attached hydrogen (secondary N) is 1. The van der Waals surface area contributed by atoms with E-state index in [-0.39, 0.29) is 22.2 Å². The molecule has 0 radical (unpaired) electrons. The molecule has 0 atom stereocenters. The second-order valence-corrected chi connectivity index (χ2v) is 5.08. The van der Waals surface area contributed by atoms with E-state index in [9.17, 15) is 9.59 Å². The van der Waals surface area contributed by atoms with Crippen LogP contribution < -0.4 is 5.32 Å². The van der Waals surface area contributed by atoms with Crippen molar-refractivity contribution in [2.75, 3.05) is 5.32 Å². The highest BCUT2D eigenvalue weighted by molar-refractivity contribution is 6.34. The van der Waals surface area contributed by atoms with Gasteiger partial charge >= 0.3 is 5.97 Å². The lowest BCUT2D eigenvalue weighted by molar-refractivity contribution is -0.123. The van der Waals surface area contributed by atoms with Crippen molar-refractivity contribution in [3.05, 3.63) is 28.8 Å². The number of rotatable bonds is 2. The van der Waals surface area contributed by atoms with Gasteiger partial charge < -0.3 is 10.4 Å². The number of aromatic carboxylic acids is 1. The summed E-state index contributed by atoms with van der Waals surface area (Å²) in [5, 5.41) is 11.7. The van der Waals surface area contributed by atoms with Crippen LogP contribution in [-0.4, -0.2) is 17.0 Å². The number of carboxylic acid groups (broad SMARTS) is 1. The van der Waals surface area contributed by atoms with Gasteiger partial charge in [0.05, 0.1) is 10.7 Å². The molecule has 1 amide bonds. The van der Waals surface area contributed by atoms with E-state index in [4.69, 9.17) is 16.7 Å². The molecule has 2 N–H and O–H groups in total. The summed E-state index contributed by atoms with van der Waals surface area (Å²) >= 11 is 5.79. The Labute approximate surface area is 105 Å². The molecule has 4 nitrogen and oxygen atoms in total. The minimum Gasteiger partial charge on any atom is -0.478 e. The zero-order valence-corrected chi connectivity index (χ0v) is 10.6. The van der Waals surface area contributed by atoms with E-state index >= 15 is 0 Å². The molecule has 0 aliphatic heterocycles. The smallest absolute Gasteiger partial charge is 0.339 e. The Morgan fingerprint density at radius 2 is 1.88 bits per heavy atom. The average molecular weight is 256 g/mol. The molecule has 0 aromatic heterocycles. The van der Waals surface area contributed by atoms with E-state index in [0.717, 1.165) is 0 Å². The molecule has 0 unspecified atom stereocenters. The molecule has 1 aromatic carbocycles. The Bertz CT molecular complexity index is 463. The molecular weight excluding hydrogens is 242 g/mol. The Morgan fingerprint density at radius 3 is 2.35 bits per heavy atom. The van der Waals surface area contributed by atoms with Gasteiger partial charge in [-0.2, -0.15) is 0 Å². The normalized spacial score (nSPS) is 11.1. The van der Waals surface area contributed by atoms with Crippen LogP contribution in [0.4, 0.5) is 5.69 Å². The standard InChI is InChI=1S/C12H14ClNO3/c1-12(2,3)11(17)14-8-6-4-5-7(13)9(8)10(15)16/h4-6H,1-3H3,(H,14,17)(H,15,16). The first-order valence-electron chi connectivity index (χ1n) is 5.06. The van der Waals surface area contributed by atoms with E-state index < -0.39 is 11.4 Å². The number of anilines is 1. The lowest BCUT2D eigenvalue weighted by Crippen LogP contribution is -2.28. The number of carbonyl (C=O) groups is 2. The molecule has 0 aliphatic rings. The summed E-state index contributed by atoms with van der Waals surface area (Å²) in [6.45, 7) is 5.23. The number of hydrogen-bond acceptors (Lipinski definition) is 2. The van der Waals surface area contributed by atoms with E-state index in [1.165, 1.54) is 12.1 Å². The third kappa shape index (κ3) is 3.20. The van der Waals surface area contributed by atoms with Gasteiger partial charge in [-0.05, 0) is 12.1 Å². The van der Waals surface area contributed by atoms with Crippen molar-refractivity contribution >= 4 is 29.2 Å². The largest absolute Gasteiger partial charge is 0.478 e. The summed E-state index contributed by atoms with van der Waals surface area (Å²) < 4.78 is 0. The Balaban J connectivity index is 3.12. The number of hydrogen-bond donors (Lipinski definition) is 2. The Kier molecular flexibility index (Phi) is 3.78. The lowest BCUT2D eigenvalue weighted by atomic mass is 9.95. The fourth-order valence-electron chi connectivity index (χ4n) is 1.16. The molecule has 1 rings (SSSR count). The van der Waals surface area contributed by atoms with Crippen LogP contribution in [0.1, 0.15) is 31.1 Å². The Hall–Kier alpha value is -1.55. The van der Waals surface area contributed by atoms with Gasteiger partial charge in [0.15, 0.2) is 0 Å². The minimum absolute atomic E-state index is 0.0910. The first kappa shape index (κ1) is 13.5. The molecule has 0 bridgehead atoms. The van der Waals surface area contributed by atoms with Crippen molar-refractivity contribution in [2.45, 2.75) is 20.8 Å². The molecule has 0 spiro atoms. The quantitative estimate of drug-likeness (QED) is 0.854. The third-order valence-corrected chi connectivity index (χ3v) is 2.47. The van der Waals surface area contributed by atoms with Gasteiger partial charge in [0.1, 0.15) is 5.56 Å². The van der Waals surface area contributed by atoms with Crippen molar-refractivity contribution in [2.24, 2.45) is 5.41 Å². The van der Waals surface area contributed by atoms with Gasteiger partial charge in [-0.3, -0.25) is 4.79 Å². The first-order valence-corrected chi connectivity index (χ1v) is 5.44. The number of amides is 1. The summed E-state index contributed by atoms with van der Waals surface area (Å²) in [7, 11) is 0. The van der Waals surface area contributed by atoms with Crippen molar-refractivity contribution in [1.29, 1.82) is 0 Å². The molecule has 5 heteroatoms. The molecule has 0 fully saturated rings. The van der Waals surface area contributed by atoms with Crippen LogP contribution in [0.25, 0.3) is 0 Å². The van der Waals surface area contributed by atoms with E-state index in [1.807, 2.05) is 0 Å². The predicted molar refractivity (Wildman–Crippen MR) is 66.5 cm³/mol. The lowest BCUT2D eigenvalue weighted by Gasteiger charge is -2.18. The van der Waals surface area contributed by atoms with E-state index in [1.54, 1.807) is 26.8 Å². The molecule has 0 saturated carbocycles. The predicted octanol–water partition coefficient (Wildman–Crippen LogP) is 3.02. The summed E-state index contributed by atoms with van der Waals surface area (Å²) in [6, 6.07) is 4.57. The zero-order valence-electron chi connectivity index (χ0n) is 9.87. The molecule has 0 heterocycles. The van der Waals surface area contributed by atoms with Crippen LogP contribution in [0.3, 0.4) is 0 Å². The van der Waals surface area contributed by atoms with Gasteiger partial charge in [-0.25, -0.2) is 4.79 Å². The van der Waals surface area contributed by atoms with Crippen molar-refractivity contribution < 1.29 is 14.7 Å². The van der Waals surface area contributed by atoms with Crippen LogP contribution in [0.5, 0.6) is 0 Å². The second-order valence-electron chi connectivity index (χ2n) is 4.67. The molecule has 1 aromatic rings. The summed E-state index contributed by atoms with van der Waals surface area (Å²) in [5.41, 5.74) is -0.477. The topological polar surface area (TPSA) is 66.4 Å². The van der Waals surface area contributed by atoms with Crippen LogP contribution in [0.15, 0.2) is 18.2 Å². The highest BCUT2D eigenvalue weighted by Gasteiger charge is 2.23. The highest BCUT2D eigenvalue weighted by atomic mass is 35.5. The molecule has 92 valence electrons. The van der Waals surface area contributed by atoms with Gasteiger partial charge in [0.2, 0.25) is 5.91 Å². The summed E-state index contributed by atoms with van der Waals surface area (Å²) in [4.78, 5) is 22.8. The maximum Gasteiger partial charge on any atom is 0.339 e. The van der Waals surface area contributed by atoms with Crippen molar-refractivity contribution in [3.63, 3.8) is 0 Å². The first-order chi connectivity index (χ1) is 7.73. The van der Waals surface area contributed by atoms with Crippen molar-refractivity contribution in [3.8, 4) is 0 Å². The average Bonchev–Trinajstić information content (AvgIpc) is 2.15. The van der Waals surface area contributed by atoms with Crippen molar-refractivity contribution in [1.82, 2.24) is 0 Å². The summed E-state index contributed by atoms with van der Waals surface area (Å²) in [5.74, 6) is -1.43. The van der Waals surface area contributed by atoms with Gasteiger partial charge in [-0.1, -0.05) is 38.4 Å². The fourth-order valence-corrected chi connectivity index (χ4v) is 1.41. The molecule has 0 aliphatic carbocycles. The number of benzene rings is 1. The maximum atomic E-state index is 11.8. The molecule has 0 saturated heterocycles. The third-order valence-electron chi connectivity index (χ3n) is 2.16. The van der Waals surface area contributed by atoms with Gasteiger partial charge in [0, 0.05) is 5.41 Å². The number of halogens is 1. The van der Waals surface area contributed by atoms with E-state index in [0.29, 0.717) is 0 Å². The van der Waals surface area contributed by atoms with E-state index in [2.05, 4.69) is 5.32 Å². The summed E-state index contributed by atoms with van der Waals surface area (Å²) in [6.07, 6.45) is 0. The van der Waals surface area contributed by atoms with Crippen LogP contribution in [0, 0.1) is 5.41 Å². The van der Waals surface area contributed by atoms with Crippen LogP contribution in [-0.2, 0) is 4.79 Å². The van der Waals surface area contributed by atoms with Gasteiger partial charge in [0.25, 0.3) is 0 Å². The van der Waals surface area contributed by atoms with Gasteiger partial charge in [-0.15, -0.1) is 0 Å². The number of carbonyl (C=O) groups excluding carboxylic acids is 1. The fraction of sp³-hybridized carbons (Fsp3) is 0.333. The van der Waals surface area contributed by atoms with Crippen LogP contribution in [0.2, 0.25) is 5.02 Å². The Morgan fingerprint density at radius 1 is 1.29 bits per heavy atom. The molecule has 17 heavy (non-hydrogen) atoms.